The van der Waals surface area contributed by atoms with Crippen LogP contribution in [0, 0.1) is 5.82 Å². The van der Waals surface area contributed by atoms with Crippen LogP contribution in [0.3, 0.4) is 0 Å². The molecule has 0 aromatic heterocycles. The van der Waals surface area contributed by atoms with E-state index in [1.807, 2.05) is 31.2 Å². The van der Waals surface area contributed by atoms with Crippen LogP contribution < -0.4 is 5.73 Å². The van der Waals surface area contributed by atoms with Crippen LogP contribution in [-0.4, -0.2) is 47.9 Å². The van der Waals surface area contributed by atoms with E-state index < -0.39 is 0 Å². The number of benzene rings is 2. The van der Waals surface area contributed by atoms with Crippen molar-refractivity contribution in [3.63, 3.8) is 0 Å². The normalized spacial score (nSPS) is 20.7. The molecule has 3 atom stereocenters. The Labute approximate surface area is 166 Å². The summed E-state index contributed by atoms with van der Waals surface area (Å²) in [5.74, 6) is -0.0252. The van der Waals surface area contributed by atoms with Gasteiger partial charge in [-0.15, -0.1) is 12.4 Å². The second-order valence-electron chi connectivity index (χ2n) is 7.14. The number of likely N-dealkylation sites (N-methyl/N-ethyl adjacent to an activating group) is 1. The molecule has 1 unspecified atom stereocenters. The molecule has 0 spiro atoms. The molecule has 3 rings (SSSR count). The third-order valence-electron chi connectivity index (χ3n) is 5.21. The largest absolute Gasteiger partial charge is 0.340 e. The summed E-state index contributed by atoms with van der Waals surface area (Å²) >= 11 is 0. The van der Waals surface area contributed by atoms with Crippen molar-refractivity contribution in [2.45, 2.75) is 31.5 Å². The Morgan fingerprint density at radius 2 is 1.93 bits per heavy atom. The standard InChI is InChI=1S/C21H26FN3O.ClH/c1-15(21(26)24(2)12-16-7-6-10-18(22)11-16)25-13-19(20(23)14-25)17-8-4-3-5-9-17;/h3-11,15,19-20H,12-14,23H2,1-2H3;1H/t15?,19-,20+;/m0./s1. The monoisotopic (exact) mass is 391 g/mol. The van der Waals surface area contributed by atoms with Gasteiger partial charge in [-0.05, 0) is 30.2 Å². The maximum Gasteiger partial charge on any atom is 0.239 e. The van der Waals surface area contributed by atoms with E-state index in [4.69, 9.17) is 5.73 Å². The molecule has 0 radical (unpaired) electrons. The molecule has 1 aliphatic rings. The number of hydrogen-bond donors (Lipinski definition) is 1. The molecule has 1 heterocycles. The predicted octanol–water partition coefficient (Wildman–Crippen LogP) is 3.02. The molecule has 6 heteroatoms. The second-order valence-corrected chi connectivity index (χ2v) is 7.14. The van der Waals surface area contributed by atoms with Crippen molar-refractivity contribution in [2.75, 3.05) is 20.1 Å². The van der Waals surface area contributed by atoms with Gasteiger partial charge in [0, 0.05) is 38.6 Å². The van der Waals surface area contributed by atoms with E-state index in [0.29, 0.717) is 13.1 Å². The molecular weight excluding hydrogens is 365 g/mol. The Kier molecular flexibility index (Phi) is 7.36. The molecule has 27 heavy (non-hydrogen) atoms. The van der Waals surface area contributed by atoms with Gasteiger partial charge >= 0.3 is 0 Å². The number of amides is 1. The van der Waals surface area contributed by atoms with Gasteiger partial charge in [0.1, 0.15) is 5.82 Å². The summed E-state index contributed by atoms with van der Waals surface area (Å²) in [6.07, 6.45) is 0. The first-order chi connectivity index (χ1) is 12.5. The topological polar surface area (TPSA) is 49.6 Å². The SMILES string of the molecule is CC(C(=O)N(C)Cc1cccc(F)c1)N1C[C@@H](N)[C@H](c2ccccc2)C1.Cl. The van der Waals surface area contributed by atoms with E-state index in [9.17, 15) is 9.18 Å². The average molecular weight is 392 g/mol. The number of halogens is 2. The maximum atomic E-state index is 13.3. The van der Waals surface area contributed by atoms with Crippen LogP contribution in [0.1, 0.15) is 24.0 Å². The van der Waals surface area contributed by atoms with Gasteiger partial charge in [-0.2, -0.15) is 0 Å². The van der Waals surface area contributed by atoms with Crippen LogP contribution in [0.15, 0.2) is 54.6 Å². The number of likely N-dealkylation sites (tertiary alicyclic amines) is 1. The Morgan fingerprint density at radius 3 is 2.59 bits per heavy atom. The maximum absolute atomic E-state index is 13.3. The zero-order valence-corrected chi connectivity index (χ0v) is 16.5. The first-order valence-corrected chi connectivity index (χ1v) is 8.99. The van der Waals surface area contributed by atoms with Crippen molar-refractivity contribution >= 4 is 18.3 Å². The lowest BCUT2D eigenvalue weighted by Gasteiger charge is -2.28. The lowest BCUT2D eigenvalue weighted by atomic mass is 9.95. The lowest BCUT2D eigenvalue weighted by molar-refractivity contribution is -0.135. The van der Waals surface area contributed by atoms with Crippen LogP contribution in [-0.2, 0) is 11.3 Å². The Balaban J connectivity index is 0.00000261. The fourth-order valence-electron chi connectivity index (χ4n) is 3.69. The summed E-state index contributed by atoms with van der Waals surface area (Å²) in [6, 6.07) is 16.3. The van der Waals surface area contributed by atoms with Gasteiger partial charge in [0.25, 0.3) is 0 Å². The molecule has 2 N–H and O–H groups in total. The zero-order chi connectivity index (χ0) is 18.7. The number of nitrogens with two attached hydrogens (primary N) is 1. The summed E-state index contributed by atoms with van der Waals surface area (Å²) in [4.78, 5) is 16.6. The summed E-state index contributed by atoms with van der Waals surface area (Å²) in [7, 11) is 1.76. The van der Waals surface area contributed by atoms with Crippen LogP contribution in [0.5, 0.6) is 0 Å². The van der Waals surface area contributed by atoms with E-state index in [1.54, 1.807) is 18.0 Å². The lowest BCUT2D eigenvalue weighted by Crippen LogP contribution is -2.45. The van der Waals surface area contributed by atoms with Gasteiger partial charge in [0.15, 0.2) is 0 Å². The van der Waals surface area contributed by atoms with Crippen molar-refractivity contribution in [1.82, 2.24) is 9.80 Å². The molecule has 1 fully saturated rings. The number of nitrogens with zero attached hydrogens (tertiary/aromatic N) is 2. The average Bonchev–Trinajstić information content (AvgIpc) is 3.03. The van der Waals surface area contributed by atoms with Gasteiger partial charge in [-0.1, -0.05) is 42.5 Å². The highest BCUT2D eigenvalue weighted by molar-refractivity contribution is 5.85. The van der Waals surface area contributed by atoms with Crippen molar-refractivity contribution in [3.05, 3.63) is 71.5 Å². The van der Waals surface area contributed by atoms with Crippen LogP contribution in [0.25, 0.3) is 0 Å². The molecule has 0 bridgehead atoms. The molecule has 0 aliphatic carbocycles. The first-order valence-electron chi connectivity index (χ1n) is 8.99. The minimum absolute atomic E-state index is 0. The number of rotatable bonds is 5. The first kappa shape index (κ1) is 21.4. The van der Waals surface area contributed by atoms with Gasteiger partial charge < -0.3 is 10.6 Å². The van der Waals surface area contributed by atoms with E-state index >= 15 is 0 Å². The third kappa shape index (κ3) is 5.06. The Bertz CT molecular complexity index is 758. The highest BCUT2D eigenvalue weighted by Crippen LogP contribution is 2.28. The summed E-state index contributed by atoms with van der Waals surface area (Å²) in [6.45, 7) is 3.78. The highest BCUT2D eigenvalue weighted by atomic mass is 35.5. The molecule has 146 valence electrons. The van der Waals surface area contributed by atoms with E-state index in [2.05, 4.69) is 17.0 Å². The summed E-state index contributed by atoms with van der Waals surface area (Å²) < 4.78 is 13.3. The minimum Gasteiger partial charge on any atom is -0.340 e. The van der Waals surface area contributed by atoms with Gasteiger partial charge in [0.2, 0.25) is 5.91 Å². The second kappa shape index (κ2) is 9.31. The van der Waals surface area contributed by atoms with Crippen molar-refractivity contribution in [3.8, 4) is 0 Å². The smallest absolute Gasteiger partial charge is 0.239 e. The van der Waals surface area contributed by atoms with Crippen LogP contribution in [0.4, 0.5) is 4.39 Å². The highest BCUT2D eigenvalue weighted by Gasteiger charge is 2.36. The summed E-state index contributed by atoms with van der Waals surface area (Å²) in [5.41, 5.74) is 8.35. The molecule has 1 aliphatic heterocycles. The Morgan fingerprint density at radius 1 is 1.22 bits per heavy atom. The van der Waals surface area contributed by atoms with E-state index in [-0.39, 0.29) is 42.1 Å². The van der Waals surface area contributed by atoms with Crippen molar-refractivity contribution < 1.29 is 9.18 Å². The number of hydrogen-bond acceptors (Lipinski definition) is 3. The van der Waals surface area contributed by atoms with Crippen molar-refractivity contribution in [1.29, 1.82) is 0 Å². The number of carbonyl (C=O) groups is 1. The molecular formula is C21H27ClFN3O. The molecule has 2 aromatic carbocycles. The van der Waals surface area contributed by atoms with Gasteiger partial charge in [-0.3, -0.25) is 9.69 Å². The van der Waals surface area contributed by atoms with Crippen molar-refractivity contribution in [2.24, 2.45) is 5.73 Å². The fourth-order valence-corrected chi connectivity index (χ4v) is 3.69. The molecule has 1 saturated heterocycles. The Hall–Kier alpha value is -1.95. The number of carbonyl (C=O) groups excluding carboxylic acids is 1. The van der Waals surface area contributed by atoms with Crippen LogP contribution in [0.2, 0.25) is 0 Å². The molecule has 1 amide bonds. The minimum atomic E-state index is -0.285. The van der Waals surface area contributed by atoms with Gasteiger partial charge in [-0.25, -0.2) is 4.39 Å². The summed E-state index contributed by atoms with van der Waals surface area (Å²) in [5, 5.41) is 0. The predicted molar refractivity (Wildman–Crippen MR) is 108 cm³/mol. The van der Waals surface area contributed by atoms with E-state index in [0.717, 1.165) is 12.1 Å². The quantitative estimate of drug-likeness (QED) is 0.852. The van der Waals surface area contributed by atoms with Crippen LogP contribution >= 0.6 is 12.4 Å². The molecule has 2 aromatic rings. The molecule has 4 nitrogen and oxygen atoms in total. The van der Waals surface area contributed by atoms with Gasteiger partial charge in [0.05, 0.1) is 6.04 Å². The fraction of sp³-hybridized carbons (Fsp3) is 0.381. The third-order valence-corrected chi connectivity index (χ3v) is 5.21. The van der Waals surface area contributed by atoms with E-state index in [1.165, 1.54) is 17.7 Å². The molecule has 0 saturated carbocycles. The zero-order valence-electron chi connectivity index (χ0n) is 15.7.